The van der Waals surface area contributed by atoms with Crippen LogP contribution in [0.2, 0.25) is 0 Å². The molecule has 1 aliphatic heterocycles. The first-order valence-electron chi connectivity index (χ1n) is 5.30. The maximum Gasteiger partial charge on any atom is 0.0914 e. The van der Waals surface area contributed by atoms with E-state index in [2.05, 4.69) is 12.2 Å². The van der Waals surface area contributed by atoms with Gasteiger partial charge in [0.25, 0.3) is 0 Å². The van der Waals surface area contributed by atoms with Crippen molar-refractivity contribution in [2.45, 2.75) is 57.2 Å². The number of piperidine rings is 1. The molecule has 3 N–H and O–H groups in total. The van der Waals surface area contributed by atoms with Crippen LogP contribution in [-0.4, -0.2) is 23.3 Å². The lowest BCUT2D eigenvalue weighted by molar-refractivity contribution is -0.739. The van der Waals surface area contributed by atoms with Gasteiger partial charge in [0.05, 0.1) is 18.2 Å². The molecule has 0 spiro atoms. The normalized spacial score (nSPS) is 48.5. The minimum Gasteiger partial charge on any atom is -0.392 e. The van der Waals surface area contributed by atoms with Gasteiger partial charge in [-0.1, -0.05) is 6.42 Å². The van der Waals surface area contributed by atoms with Crippen LogP contribution in [0, 0.1) is 5.92 Å². The molecule has 0 aromatic rings. The number of aliphatic hydroxyl groups is 1. The molecule has 0 aromatic heterocycles. The topological polar surface area (TPSA) is 36.8 Å². The van der Waals surface area contributed by atoms with Crippen LogP contribution in [0.5, 0.6) is 0 Å². The summed E-state index contributed by atoms with van der Waals surface area (Å²) in [6, 6.07) is 1.37. The number of nitrogens with two attached hydrogens (primary N) is 1. The Labute approximate surface area is 74.4 Å². The summed E-state index contributed by atoms with van der Waals surface area (Å²) in [5.74, 6) is 0.606. The first-order chi connectivity index (χ1) is 5.77. The molecule has 2 fully saturated rings. The molecule has 0 aromatic carbocycles. The van der Waals surface area contributed by atoms with E-state index >= 15 is 0 Å². The number of hydrogen-bond donors (Lipinski definition) is 2. The smallest absolute Gasteiger partial charge is 0.0914 e. The van der Waals surface area contributed by atoms with Crippen LogP contribution in [0.4, 0.5) is 0 Å². The van der Waals surface area contributed by atoms with Gasteiger partial charge in [0, 0.05) is 12.3 Å². The van der Waals surface area contributed by atoms with Crippen LogP contribution in [0.15, 0.2) is 0 Å². The Kier molecular flexibility index (Phi) is 2.37. The van der Waals surface area contributed by atoms with Gasteiger partial charge in [-0.15, -0.1) is 0 Å². The second kappa shape index (κ2) is 3.35. The van der Waals surface area contributed by atoms with Crippen molar-refractivity contribution in [3.63, 3.8) is 0 Å². The van der Waals surface area contributed by atoms with Crippen LogP contribution in [0.25, 0.3) is 0 Å². The van der Waals surface area contributed by atoms with E-state index in [0.717, 1.165) is 12.5 Å². The monoisotopic (exact) mass is 170 g/mol. The second-order valence-electron chi connectivity index (χ2n) is 4.58. The predicted octanol–water partition coefficient (Wildman–Crippen LogP) is 0.262. The van der Waals surface area contributed by atoms with Gasteiger partial charge < -0.3 is 10.4 Å². The van der Waals surface area contributed by atoms with E-state index in [1.54, 1.807) is 0 Å². The van der Waals surface area contributed by atoms with Crippen molar-refractivity contribution in [3.05, 3.63) is 0 Å². The third kappa shape index (κ3) is 1.50. The summed E-state index contributed by atoms with van der Waals surface area (Å²) < 4.78 is 0. The summed E-state index contributed by atoms with van der Waals surface area (Å²) in [5.41, 5.74) is 0. The molecule has 12 heavy (non-hydrogen) atoms. The number of rotatable bonds is 0. The van der Waals surface area contributed by atoms with E-state index < -0.39 is 0 Å². The highest BCUT2D eigenvalue weighted by molar-refractivity contribution is 4.83. The Balaban J connectivity index is 2.01. The molecule has 1 saturated heterocycles. The number of fused-ring (bicyclic) bond motifs is 1. The van der Waals surface area contributed by atoms with Crippen LogP contribution in [0.3, 0.4) is 0 Å². The summed E-state index contributed by atoms with van der Waals surface area (Å²) in [4.78, 5) is 0. The fraction of sp³-hybridized carbons (Fsp3) is 1.00. The van der Waals surface area contributed by atoms with Gasteiger partial charge in [0.1, 0.15) is 0 Å². The van der Waals surface area contributed by atoms with Crippen molar-refractivity contribution in [1.82, 2.24) is 0 Å². The van der Waals surface area contributed by atoms with Gasteiger partial charge in [0.2, 0.25) is 0 Å². The summed E-state index contributed by atoms with van der Waals surface area (Å²) in [6.07, 6.45) is 6.29. The van der Waals surface area contributed by atoms with Crippen molar-refractivity contribution >= 4 is 0 Å². The van der Waals surface area contributed by atoms with E-state index in [1.807, 2.05) is 0 Å². The fourth-order valence-electron chi connectivity index (χ4n) is 2.96. The molecule has 1 saturated carbocycles. The lowest BCUT2D eigenvalue weighted by atomic mass is 9.76. The van der Waals surface area contributed by atoms with E-state index in [4.69, 9.17) is 0 Å². The Morgan fingerprint density at radius 3 is 2.83 bits per heavy atom. The molecule has 0 bridgehead atoms. The van der Waals surface area contributed by atoms with E-state index in [0.29, 0.717) is 12.0 Å². The van der Waals surface area contributed by atoms with E-state index in [1.165, 1.54) is 25.7 Å². The lowest BCUT2D eigenvalue weighted by Crippen LogP contribution is -2.98. The molecule has 2 rings (SSSR count). The van der Waals surface area contributed by atoms with Gasteiger partial charge in [-0.25, -0.2) is 0 Å². The minimum absolute atomic E-state index is 0.00435. The van der Waals surface area contributed by atoms with Crippen molar-refractivity contribution in [1.29, 1.82) is 0 Å². The fourth-order valence-corrected chi connectivity index (χ4v) is 2.96. The van der Waals surface area contributed by atoms with Gasteiger partial charge in [-0.05, 0) is 26.2 Å². The number of aliphatic hydroxyl groups excluding tert-OH is 1. The highest BCUT2D eigenvalue weighted by Gasteiger charge is 2.39. The lowest BCUT2D eigenvalue weighted by Gasteiger charge is -2.39. The molecule has 70 valence electrons. The molecular formula is C10H20NO+. The molecule has 0 radical (unpaired) electrons. The van der Waals surface area contributed by atoms with Gasteiger partial charge in [0.15, 0.2) is 0 Å². The zero-order valence-electron chi connectivity index (χ0n) is 7.87. The van der Waals surface area contributed by atoms with E-state index in [-0.39, 0.29) is 6.10 Å². The Bertz CT molecular complexity index is 160. The molecule has 4 atom stereocenters. The van der Waals surface area contributed by atoms with Crippen LogP contribution < -0.4 is 5.32 Å². The SMILES string of the molecule is C[C@@H]1C[C@H](O)[C@H]2CCCC[C@H]2[NH2+]1. The molecule has 2 heteroatoms. The van der Waals surface area contributed by atoms with Crippen LogP contribution >= 0.6 is 0 Å². The molecule has 2 aliphatic rings. The van der Waals surface area contributed by atoms with Gasteiger partial charge in [-0.2, -0.15) is 0 Å². The molecule has 1 aliphatic carbocycles. The molecule has 0 unspecified atom stereocenters. The predicted molar refractivity (Wildman–Crippen MR) is 47.8 cm³/mol. The largest absolute Gasteiger partial charge is 0.392 e. The van der Waals surface area contributed by atoms with Crippen molar-refractivity contribution in [3.8, 4) is 0 Å². The molecular weight excluding hydrogens is 150 g/mol. The molecule has 0 amide bonds. The zero-order valence-corrected chi connectivity index (χ0v) is 7.87. The minimum atomic E-state index is -0.00435. The van der Waals surface area contributed by atoms with E-state index in [9.17, 15) is 5.11 Å². The number of hydrogen-bond acceptors (Lipinski definition) is 1. The Hall–Kier alpha value is -0.0800. The standard InChI is InChI=1S/C10H19NO/c1-7-6-10(12)8-4-2-3-5-9(8)11-7/h7-12H,2-6H2,1H3/p+1/t7-,8+,9-,10+/m1/s1. The summed E-state index contributed by atoms with van der Waals surface area (Å²) in [7, 11) is 0. The van der Waals surface area contributed by atoms with Crippen LogP contribution in [-0.2, 0) is 0 Å². The average molecular weight is 170 g/mol. The van der Waals surface area contributed by atoms with Crippen molar-refractivity contribution in [2.24, 2.45) is 5.92 Å². The third-order valence-corrected chi connectivity index (χ3v) is 3.56. The first-order valence-corrected chi connectivity index (χ1v) is 5.30. The molecule has 1 heterocycles. The zero-order chi connectivity index (χ0) is 8.55. The van der Waals surface area contributed by atoms with Crippen molar-refractivity contribution in [2.75, 3.05) is 0 Å². The second-order valence-corrected chi connectivity index (χ2v) is 4.58. The maximum atomic E-state index is 9.85. The van der Waals surface area contributed by atoms with Crippen molar-refractivity contribution < 1.29 is 10.4 Å². The van der Waals surface area contributed by atoms with Crippen LogP contribution in [0.1, 0.15) is 39.0 Å². The average Bonchev–Trinajstić information content (AvgIpc) is 2.04. The highest BCUT2D eigenvalue weighted by Crippen LogP contribution is 2.28. The first kappa shape index (κ1) is 8.52. The third-order valence-electron chi connectivity index (χ3n) is 3.56. The van der Waals surface area contributed by atoms with Gasteiger partial charge >= 0.3 is 0 Å². The summed E-state index contributed by atoms with van der Waals surface area (Å²) in [6.45, 7) is 2.23. The Morgan fingerprint density at radius 2 is 2.00 bits per heavy atom. The van der Waals surface area contributed by atoms with Gasteiger partial charge in [-0.3, -0.25) is 0 Å². The summed E-state index contributed by atoms with van der Waals surface area (Å²) >= 11 is 0. The maximum absolute atomic E-state index is 9.85. The summed E-state index contributed by atoms with van der Waals surface area (Å²) in [5, 5.41) is 12.3. The number of quaternary nitrogens is 1. The molecule has 2 nitrogen and oxygen atoms in total. The Morgan fingerprint density at radius 1 is 1.25 bits per heavy atom. The highest BCUT2D eigenvalue weighted by atomic mass is 16.3. The quantitative estimate of drug-likeness (QED) is 0.537.